The molecule has 0 amide bonds. The largest absolute Gasteiger partial charge is 1.00 e. The number of nitrogens with zero attached hydrogens (tertiary/aromatic N) is 1. The molecule has 0 atom stereocenters. The molecule has 0 spiro atoms. The SMILES string of the molecule is CCCCCCCCCCCC[P+](c1ccccc1)(c1ccccc1)c1ccccc1.CCCC[N+](CCCC)(CCCC)CCCC.[Br-].[Br-]. The molecular weight excluding hydrogens is 757 g/mol. The Morgan fingerprint density at radius 3 is 0.880 bits per heavy atom. The molecule has 0 bridgehead atoms. The topological polar surface area (TPSA) is 0 Å². The lowest BCUT2D eigenvalue weighted by Crippen LogP contribution is -3.00. The molecule has 0 saturated heterocycles. The van der Waals surface area contributed by atoms with Crippen LogP contribution >= 0.6 is 7.26 Å². The number of unbranched alkanes of at least 4 members (excludes halogenated alkanes) is 13. The van der Waals surface area contributed by atoms with Gasteiger partial charge in [0, 0.05) is 0 Å². The van der Waals surface area contributed by atoms with Crippen molar-refractivity contribution in [2.24, 2.45) is 0 Å². The highest BCUT2D eigenvalue weighted by Crippen LogP contribution is 2.56. The average Bonchev–Trinajstić information content (AvgIpc) is 3.15. The molecule has 0 unspecified atom stereocenters. The minimum absolute atomic E-state index is 0. The van der Waals surface area contributed by atoms with Gasteiger partial charge in [-0.25, -0.2) is 0 Å². The van der Waals surface area contributed by atoms with E-state index in [1.54, 1.807) is 0 Å². The van der Waals surface area contributed by atoms with Gasteiger partial charge >= 0.3 is 0 Å². The summed E-state index contributed by atoms with van der Waals surface area (Å²) in [5.41, 5.74) is 0. The van der Waals surface area contributed by atoms with Crippen LogP contribution in [0.4, 0.5) is 0 Å². The molecule has 0 radical (unpaired) electrons. The first-order chi connectivity index (χ1) is 23.6. The normalized spacial score (nSPS) is 11.2. The standard InChI is InChI=1S/C30H40P.C16H36N.2BrH/c1-2-3-4-5-6-7-8-9-10-20-27-31(28-21-14-11-15-22-28,29-23-16-12-17-24-29)30-25-18-13-19-26-30;1-5-9-13-17(14-10-6-2,15-11-7-3)16-12-8-4;;/h11-19,21-26H,2-10,20,27H2,1H3;5-16H2,1-4H3;2*1H/q2*+1;;/p-2. The summed E-state index contributed by atoms with van der Waals surface area (Å²) in [6.07, 6.45) is 26.2. The van der Waals surface area contributed by atoms with Crippen molar-refractivity contribution in [3.05, 3.63) is 91.0 Å². The van der Waals surface area contributed by atoms with Crippen molar-refractivity contribution in [2.45, 2.75) is 150 Å². The Morgan fingerprint density at radius 2 is 0.600 bits per heavy atom. The Bertz CT molecular complexity index is 990. The highest BCUT2D eigenvalue weighted by Gasteiger charge is 2.44. The van der Waals surface area contributed by atoms with E-state index in [9.17, 15) is 0 Å². The number of halogens is 2. The highest BCUT2D eigenvalue weighted by molar-refractivity contribution is 7.95. The molecule has 3 aromatic rings. The summed E-state index contributed by atoms with van der Waals surface area (Å²) in [5, 5.41) is 4.55. The van der Waals surface area contributed by atoms with Gasteiger partial charge in [0.2, 0.25) is 0 Å². The molecule has 0 fully saturated rings. The molecule has 0 N–H and O–H groups in total. The monoisotopic (exact) mass is 831 g/mol. The van der Waals surface area contributed by atoms with Gasteiger partial charge in [0.15, 0.2) is 0 Å². The zero-order valence-corrected chi connectivity index (χ0v) is 37.1. The van der Waals surface area contributed by atoms with Gasteiger partial charge in [0.1, 0.15) is 23.2 Å². The lowest BCUT2D eigenvalue weighted by molar-refractivity contribution is -0.929. The maximum Gasteiger partial charge on any atom is 0.112 e. The van der Waals surface area contributed by atoms with E-state index >= 15 is 0 Å². The number of hydrogen-bond acceptors (Lipinski definition) is 0. The van der Waals surface area contributed by atoms with E-state index in [4.69, 9.17) is 0 Å². The van der Waals surface area contributed by atoms with Gasteiger partial charge in [-0.15, -0.1) is 0 Å². The molecule has 1 nitrogen and oxygen atoms in total. The summed E-state index contributed by atoms with van der Waals surface area (Å²) in [4.78, 5) is 0. The Kier molecular flexibility index (Phi) is 30.9. The summed E-state index contributed by atoms with van der Waals surface area (Å²) >= 11 is 0. The van der Waals surface area contributed by atoms with Gasteiger partial charge < -0.3 is 38.4 Å². The smallest absolute Gasteiger partial charge is 0.112 e. The van der Waals surface area contributed by atoms with Crippen LogP contribution in [0.2, 0.25) is 0 Å². The maximum atomic E-state index is 2.37. The molecule has 3 aromatic carbocycles. The lowest BCUT2D eigenvalue weighted by Gasteiger charge is -2.39. The predicted octanol–water partition coefficient (Wildman–Crippen LogP) is 6.91. The van der Waals surface area contributed by atoms with Crippen molar-refractivity contribution in [3.8, 4) is 0 Å². The van der Waals surface area contributed by atoms with Crippen LogP contribution in [0, 0.1) is 0 Å². The molecular formula is C46H76Br2NP. The Morgan fingerprint density at radius 1 is 0.340 bits per heavy atom. The van der Waals surface area contributed by atoms with Crippen LogP contribution in [0.25, 0.3) is 0 Å². The van der Waals surface area contributed by atoms with E-state index in [1.807, 2.05) is 0 Å². The van der Waals surface area contributed by atoms with Crippen molar-refractivity contribution in [1.29, 1.82) is 0 Å². The van der Waals surface area contributed by atoms with Gasteiger partial charge in [0.25, 0.3) is 0 Å². The summed E-state index contributed by atoms with van der Waals surface area (Å²) in [5.74, 6) is 0. The van der Waals surface area contributed by atoms with Crippen LogP contribution in [0.15, 0.2) is 91.0 Å². The minimum Gasteiger partial charge on any atom is -1.00 e. The van der Waals surface area contributed by atoms with Gasteiger partial charge in [-0.1, -0.05) is 166 Å². The third-order valence-electron chi connectivity index (χ3n) is 10.4. The fraction of sp³-hybridized carbons (Fsp3) is 0.609. The Hall–Kier alpha value is -0.990. The second kappa shape index (κ2) is 31.5. The summed E-state index contributed by atoms with van der Waals surface area (Å²) < 4.78 is 1.42. The number of benzene rings is 3. The lowest BCUT2D eigenvalue weighted by atomic mass is 10.1. The molecule has 0 heterocycles. The first-order valence-corrected chi connectivity index (χ1v) is 22.5. The molecule has 0 aliphatic heterocycles. The van der Waals surface area contributed by atoms with Crippen molar-refractivity contribution in [2.75, 3.05) is 32.3 Å². The molecule has 0 aromatic heterocycles. The van der Waals surface area contributed by atoms with E-state index < -0.39 is 7.26 Å². The zero-order chi connectivity index (χ0) is 34.6. The van der Waals surface area contributed by atoms with Crippen LogP contribution in [0.1, 0.15) is 150 Å². The number of rotatable bonds is 26. The minimum atomic E-state index is -1.63. The third kappa shape index (κ3) is 18.2. The van der Waals surface area contributed by atoms with E-state index in [-0.39, 0.29) is 34.0 Å². The maximum absolute atomic E-state index is 2.37. The molecule has 284 valence electrons. The molecule has 50 heavy (non-hydrogen) atoms. The van der Waals surface area contributed by atoms with Gasteiger partial charge in [-0.2, -0.15) is 0 Å². The van der Waals surface area contributed by atoms with Crippen molar-refractivity contribution >= 4 is 23.2 Å². The van der Waals surface area contributed by atoms with E-state index in [2.05, 4.69) is 126 Å². The van der Waals surface area contributed by atoms with E-state index in [1.165, 1.54) is 168 Å². The fourth-order valence-corrected chi connectivity index (χ4v) is 11.8. The van der Waals surface area contributed by atoms with Gasteiger partial charge in [-0.3, -0.25) is 0 Å². The van der Waals surface area contributed by atoms with Crippen molar-refractivity contribution in [1.82, 2.24) is 0 Å². The van der Waals surface area contributed by atoms with Crippen molar-refractivity contribution < 1.29 is 38.4 Å². The van der Waals surface area contributed by atoms with Gasteiger partial charge in [0.05, 0.1) is 32.3 Å². The first kappa shape index (κ1) is 49.0. The highest BCUT2D eigenvalue weighted by atomic mass is 79.9. The quantitative estimate of drug-likeness (QED) is 0.0469. The summed E-state index contributed by atoms with van der Waals surface area (Å²) in [6.45, 7) is 17.3. The average molecular weight is 834 g/mol. The molecule has 0 aliphatic rings. The van der Waals surface area contributed by atoms with E-state index in [0.29, 0.717) is 0 Å². The van der Waals surface area contributed by atoms with Crippen molar-refractivity contribution in [3.63, 3.8) is 0 Å². The summed E-state index contributed by atoms with van der Waals surface area (Å²) in [7, 11) is -1.63. The van der Waals surface area contributed by atoms with Crippen LogP contribution in [-0.2, 0) is 0 Å². The third-order valence-corrected chi connectivity index (χ3v) is 14.9. The Labute approximate surface area is 333 Å². The van der Waals surface area contributed by atoms with Crippen LogP contribution in [0.5, 0.6) is 0 Å². The van der Waals surface area contributed by atoms with Crippen LogP contribution in [0.3, 0.4) is 0 Å². The Balaban J connectivity index is 0.00000109. The molecule has 0 saturated carbocycles. The molecule has 3 rings (SSSR count). The van der Waals surface area contributed by atoms with Crippen LogP contribution < -0.4 is 49.9 Å². The molecule has 0 aliphatic carbocycles. The predicted molar refractivity (Wildman–Crippen MR) is 221 cm³/mol. The fourth-order valence-electron chi connectivity index (χ4n) is 7.36. The second-order valence-electron chi connectivity index (χ2n) is 14.4. The molecule has 4 heteroatoms. The second-order valence-corrected chi connectivity index (χ2v) is 18.0. The number of quaternary nitrogens is 1. The first-order valence-electron chi connectivity index (χ1n) is 20.5. The number of hydrogen-bond donors (Lipinski definition) is 0. The van der Waals surface area contributed by atoms with E-state index in [0.717, 1.165) is 0 Å². The summed E-state index contributed by atoms with van der Waals surface area (Å²) in [6, 6.07) is 33.9. The zero-order valence-electron chi connectivity index (χ0n) is 33.1. The van der Waals surface area contributed by atoms with Crippen LogP contribution in [-0.4, -0.2) is 36.8 Å². The van der Waals surface area contributed by atoms with Gasteiger partial charge in [-0.05, 0) is 74.9 Å².